The third kappa shape index (κ3) is 5.87. The minimum Gasteiger partial charge on any atom is -0.492 e. The number of alkyl halides is 3. The molecule has 7 nitrogen and oxygen atoms in total. The van der Waals surface area contributed by atoms with E-state index in [4.69, 9.17) is 9.47 Å². The van der Waals surface area contributed by atoms with Crippen LogP contribution in [0.1, 0.15) is 38.5 Å². The summed E-state index contributed by atoms with van der Waals surface area (Å²) in [6.45, 7) is 0.568. The summed E-state index contributed by atoms with van der Waals surface area (Å²) in [4.78, 5) is 2.29. The fourth-order valence-electron chi connectivity index (χ4n) is 5.99. The molecule has 0 amide bonds. The Kier molecular flexibility index (Phi) is 7.73. The van der Waals surface area contributed by atoms with Gasteiger partial charge in [-0.15, -0.1) is 11.8 Å². The molecule has 1 N–H and O–H groups in total. The van der Waals surface area contributed by atoms with Crippen molar-refractivity contribution >= 4 is 33.2 Å². The third-order valence-corrected chi connectivity index (χ3v) is 12.2. The molecule has 2 saturated carbocycles. The molecule has 42 heavy (non-hydrogen) atoms. The van der Waals surface area contributed by atoms with Crippen LogP contribution < -0.4 is 9.64 Å². The molecule has 6 rings (SSSR count). The molecule has 4 aliphatic rings. The van der Waals surface area contributed by atoms with Crippen molar-refractivity contribution in [3.8, 4) is 5.75 Å². The summed E-state index contributed by atoms with van der Waals surface area (Å²) >= 11 is 1.62. The first-order valence-electron chi connectivity index (χ1n) is 14.1. The van der Waals surface area contributed by atoms with E-state index in [1.165, 1.54) is 50.2 Å². The quantitative estimate of drug-likeness (QED) is 0.355. The Morgan fingerprint density at radius 1 is 1.14 bits per heavy atom. The van der Waals surface area contributed by atoms with Gasteiger partial charge in [0.15, 0.2) is 0 Å². The number of fused-ring (bicyclic) bond motifs is 1. The van der Waals surface area contributed by atoms with Crippen LogP contribution in [-0.4, -0.2) is 75.3 Å². The van der Waals surface area contributed by atoms with Crippen molar-refractivity contribution in [2.24, 2.45) is 10.8 Å². The zero-order chi connectivity index (χ0) is 29.9. The first-order chi connectivity index (χ1) is 19.8. The Labute approximate surface area is 247 Å². The van der Waals surface area contributed by atoms with Gasteiger partial charge in [0.2, 0.25) is 10.0 Å². The van der Waals surface area contributed by atoms with Gasteiger partial charge in [0.1, 0.15) is 23.1 Å². The predicted octanol–water partition coefficient (Wildman–Crippen LogP) is 5.73. The number of halogens is 4. The normalized spacial score (nSPS) is 24.4. The van der Waals surface area contributed by atoms with Crippen LogP contribution in [0.25, 0.3) is 0 Å². The van der Waals surface area contributed by atoms with E-state index in [0.29, 0.717) is 41.0 Å². The number of aliphatic hydroxyl groups is 1. The van der Waals surface area contributed by atoms with Crippen LogP contribution in [0.3, 0.4) is 0 Å². The van der Waals surface area contributed by atoms with E-state index in [1.54, 1.807) is 22.7 Å². The summed E-state index contributed by atoms with van der Waals surface area (Å²) in [7, 11) is -2.96. The molecule has 1 saturated heterocycles. The molecule has 2 aromatic rings. The van der Waals surface area contributed by atoms with E-state index in [-0.39, 0.29) is 24.7 Å². The SMILES string of the molecule is CN1[C@H](CCC(F)(F)F)CN(c2ccc(F)cc2)c2cc(SC3CC4(CC4)C3)c(OCC3(CO)COC3)cc2S1(=O)=O. The Hall–Kier alpha value is -2.06. The van der Waals surface area contributed by atoms with Crippen LogP contribution in [0.5, 0.6) is 5.75 Å². The fraction of sp³-hybridized carbons (Fsp3) is 0.586. The van der Waals surface area contributed by atoms with E-state index in [9.17, 15) is 31.1 Å². The van der Waals surface area contributed by atoms with Gasteiger partial charge in [-0.3, -0.25) is 0 Å². The number of hydrogen-bond acceptors (Lipinski definition) is 7. The lowest BCUT2D eigenvalue weighted by molar-refractivity contribution is -0.153. The number of nitrogens with zero attached hydrogens (tertiary/aromatic N) is 2. The molecule has 0 radical (unpaired) electrons. The van der Waals surface area contributed by atoms with Crippen LogP contribution in [-0.2, 0) is 14.8 Å². The molecule has 0 unspecified atom stereocenters. The topological polar surface area (TPSA) is 79.3 Å². The summed E-state index contributed by atoms with van der Waals surface area (Å²) in [5.74, 6) is -0.135. The molecule has 3 fully saturated rings. The molecule has 2 aliphatic carbocycles. The highest BCUT2D eigenvalue weighted by atomic mass is 32.2. The van der Waals surface area contributed by atoms with E-state index in [2.05, 4.69) is 0 Å². The Morgan fingerprint density at radius 3 is 2.40 bits per heavy atom. The highest BCUT2D eigenvalue weighted by molar-refractivity contribution is 8.00. The number of ether oxygens (including phenoxy) is 2. The van der Waals surface area contributed by atoms with Gasteiger partial charge in [-0.25, -0.2) is 12.8 Å². The molecule has 2 heterocycles. The molecule has 2 aliphatic heterocycles. The van der Waals surface area contributed by atoms with Gasteiger partial charge in [-0.2, -0.15) is 17.5 Å². The fourth-order valence-corrected chi connectivity index (χ4v) is 9.20. The van der Waals surface area contributed by atoms with Gasteiger partial charge in [0, 0.05) is 43.1 Å². The van der Waals surface area contributed by atoms with Gasteiger partial charge >= 0.3 is 6.18 Å². The van der Waals surface area contributed by atoms with E-state index in [0.717, 1.165) is 22.0 Å². The maximum Gasteiger partial charge on any atom is 0.389 e. The second-order valence-corrected chi connectivity index (χ2v) is 15.6. The van der Waals surface area contributed by atoms with E-state index in [1.807, 2.05) is 0 Å². The molecule has 0 bridgehead atoms. The molecule has 1 spiro atoms. The zero-order valence-electron chi connectivity index (χ0n) is 23.2. The molecule has 2 aromatic carbocycles. The average molecular weight is 631 g/mol. The lowest BCUT2D eigenvalue weighted by Gasteiger charge is -2.40. The summed E-state index contributed by atoms with van der Waals surface area (Å²) < 4.78 is 94.2. The second kappa shape index (κ2) is 10.8. The summed E-state index contributed by atoms with van der Waals surface area (Å²) in [6.07, 6.45) is -1.47. The van der Waals surface area contributed by atoms with Crippen LogP contribution in [0, 0.1) is 16.6 Å². The number of aliphatic hydroxyl groups excluding tert-OH is 1. The summed E-state index contributed by atoms with van der Waals surface area (Å²) in [6, 6.07) is 7.70. The van der Waals surface area contributed by atoms with Crippen molar-refractivity contribution in [1.82, 2.24) is 4.31 Å². The lowest BCUT2D eigenvalue weighted by atomic mass is 9.81. The Morgan fingerprint density at radius 2 is 1.83 bits per heavy atom. The average Bonchev–Trinajstić information content (AvgIpc) is 3.70. The molecule has 230 valence electrons. The largest absolute Gasteiger partial charge is 0.492 e. The number of anilines is 2. The number of rotatable bonds is 9. The van der Waals surface area contributed by atoms with E-state index < -0.39 is 46.3 Å². The molecular formula is C29H34F4N2O5S2. The highest BCUT2D eigenvalue weighted by Crippen LogP contribution is 2.65. The lowest BCUT2D eigenvalue weighted by Crippen LogP contribution is -2.50. The molecule has 0 aromatic heterocycles. The van der Waals surface area contributed by atoms with Gasteiger partial charge in [-0.1, -0.05) is 0 Å². The molecule has 13 heteroatoms. The standard InChI is InChI=1S/C29H34F4N2O5S2/c1-34-21(6-7-29(31,32)33)14-35(20-4-2-19(30)3-5-20)23-10-25(41-22-12-27(13-22)8-9-27)24(11-26(23)42(34,37)38)40-18-28(15-36)16-39-17-28/h2-5,10-11,21-22,36H,6-9,12-18H2,1H3/t21-/m1/s1. The van der Waals surface area contributed by atoms with Crippen LogP contribution in [0.2, 0.25) is 0 Å². The van der Waals surface area contributed by atoms with Crippen LogP contribution >= 0.6 is 11.8 Å². The zero-order valence-corrected chi connectivity index (χ0v) is 24.8. The van der Waals surface area contributed by atoms with Crippen molar-refractivity contribution in [2.75, 3.05) is 44.9 Å². The second-order valence-electron chi connectivity index (χ2n) is 12.3. The first-order valence-corrected chi connectivity index (χ1v) is 16.4. The van der Waals surface area contributed by atoms with Crippen molar-refractivity contribution in [1.29, 1.82) is 0 Å². The number of benzene rings is 2. The third-order valence-electron chi connectivity index (χ3n) is 9.04. The molecular weight excluding hydrogens is 596 g/mol. The van der Waals surface area contributed by atoms with Crippen molar-refractivity contribution in [2.45, 2.75) is 65.8 Å². The van der Waals surface area contributed by atoms with Crippen LogP contribution in [0.4, 0.5) is 28.9 Å². The maximum absolute atomic E-state index is 14.0. The van der Waals surface area contributed by atoms with Gasteiger partial charge in [0.05, 0.1) is 35.8 Å². The minimum absolute atomic E-state index is 0.0494. The van der Waals surface area contributed by atoms with Gasteiger partial charge in [-0.05, 0) is 67.9 Å². The predicted molar refractivity (Wildman–Crippen MR) is 150 cm³/mol. The Balaban J connectivity index is 1.43. The van der Waals surface area contributed by atoms with Gasteiger partial charge in [0.25, 0.3) is 0 Å². The minimum atomic E-state index is -4.45. The van der Waals surface area contributed by atoms with Crippen LogP contribution in [0.15, 0.2) is 46.2 Å². The maximum atomic E-state index is 14.0. The first kappa shape index (κ1) is 30.0. The molecule has 1 atom stereocenters. The number of hydrogen-bond donors (Lipinski definition) is 1. The monoisotopic (exact) mass is 630 g/mol. The highest BCUT2D eigenvalue weighted by Gasteiger charge is 2.53. The smallest absolute Gasteiger partial charge is 0.389 e. The van der Waals surface area contributed by atoms with Crippen molar-refractivity contribution in [3.63, 3.8) is 0 Å². The van der Waals surface area contributed by atoms with Crippen molar-refractivity contribution in [3.05, 3.63) is 42.2 Å². The summed E-state index contributed by atoms with van der Waals surface area (Å²) in [5.41, 5.74) is 0.632. The van der Waals surface area contributed by atoms with Gasteiger partial charge < -0.3 is 19.5 Å². The number of thioether (sulfide) groups is 1. The van der Waals surface area contributed by atoms with Crippen molar-refractivity contribution < 1.29 is 40.6 Å². The Bertz CT molecular complexity index is 1420. The van der Waals surface area contributed by atoms with E-state index >= 15 is 0 Å². The number of likely N-dealkylation sites (N-methyl/N-ethyl adjacent to an activating group) is 1. The number of sulfonamides is 1. The summed E-state index contributed by atoms with van der Waals surface area (Å²) in [5, 5.41) is 10.3.